The predicted molar refractivity (Wildman–Crippen MR) is 101 cm³/mol. The van der Waals surface area contributed by atoms with Gasteiger partial charge in [-0.3, -0.25) is 14.4 Å². The van der Waals surface area contributed by atoms with E-state index in [1.54, 1.807) is 9.80 Å². The third-order valence-corrected chi connectivity index (χ3v) is 4.22. The molecule has 6 nitrogen and oxygen atoms in total. The van der Waals surface area contributed by atoms with Crippen LogP contribution in [0.25, 0.3) is 6.08 Å². The zero-order chi connectivity index (χ0) is 20.2. The number of hydrogen-bond donors (Lipinski definition) is 1. The Morgan fingerprint density at radius 1 is 1.00 bits per heavy atom. The van der Waals surface area contributed by atoms with Gasteiger partial charge in [-0.15, -0.1) is 0 Å². The molecule has 1 aromatic carbocycles. The van der Waals surface area contributed by atoms with Crippen molar-refractivity contribution in [3.63, 3.8) is 0 Å². The Bertz CT molecular complexity index is 743. The number of nitrogens with one attached hydrogen (secondary N) is 1. The molecular weight excluding hydrogens is 349 g/mol. The summed E-state index contributed by atoms with van der Waals surface area (Å²) in [7, 11) is 0. The van der Waals surface area contributed by atoms with E-state index in [0.717, 1.165) is 0 Å². The number of halogens is 1. The van der Waals surface area contributed by atoms with Crippen LogP contribution >= 0.6 is 0 Å². The van der Waals surface area contributed by atoms with Crippen LogP contribution < -0.4 is 5.32 Å². The Kier molecular flexibility index (Phi) is 6.36. The Labute approximate surface area is 159 Å². The lowest BCUT2D eigenvalue weighted by Gasteiger charge is -2.37. The summed E-state index contributed by atoms with van der Waals surface area (Å²) in [5.41, 5.74) is 0.274. The average molecular weight is 375 g/mol. The van der Waals surface area contributed by atoms with Gasteiger partial charge in [0.2, 0.25) is 11.8 Å². The maximum Gasteiger partial charge on any atom is 0.270 e. The lowest BCUT2D eigenvalue weighted by atomic mass is 9.94. The Balaban J connectivity index is 2.11. The molecule has 7 heteroatoms. The molecule has 1 aliphatic rings. The fourth-order valence-corrected chi connectivity index (χ4v) is 2.82. The SMILES string of the molecule is CC(=O)N/C(=C\c1ccc(F)cc1)C(=O)N1CCN(C(=O)C(C)(C)C)CC1. The number of carbonyl (C=O) groups excluding carboxylic acids is 3. The van der Waals surface area contributed by atoms with Crippen molar-refractivity contribution < 1.29 is 18.8 Å². The molecule has 0 bridgehead atoms. The first-order valence-corrected chi connectivity index (χ1v) is 8.91. The summed E-state index contributed by atoms with van der Waals surface area (Å²) in [6.07, 6.45) is 1.52. The highest BCUT2D eigenvalue weighted by atomic mass is 19.1. The first kappa shape index (κ1) is 20.6. The predicted octanol–water partition coefficient (Wildman–Crippen LogP) is 2.02. The second kappa shape index (κ2) is 8.33. The summed E-state index contributed by atoms with van der Waals surface area (Å²) in [6.45, 7) is 8.61. The first-order valence-electron chi connectivity index (χ1n) is 8.91. The van der Waals surface area contributed by atoms with Crippen LogP contribution in [0.1, 0.15) is 33.3 Å². The Hall–Kier alpha value is -2.70. The molecule has 0 aliphatic carbocycles. The summed E-state index contributed by atoms with van der Waals surface area (Å²) >= 11 is 0. The van der Waals surface area contributed by atoms with E-state index >= 15 is 0 Å². The number of benzene rings is 1. The van der Waals surface area contributed by atoms with Crippen LogP contribution in [0.3, 0.4) is 0 Å². The van der Waals surface area contributed by atoms with Gasteiger partial charge in [-0.25, -0.2) is 4.39 Å². The molecule has 0 saturated carbocycles. The lowest BCUT2D eigenvalue weighted by Crippen LogP contribution is -2.54. The Morgan fingerprint density at radius 2 is 1.52 bits per heavy atom. The van der Waals surface area contributed by atoms with Crippen LogP contribution in [-0.2, 0) is 14.4 Å². The molecule has 146 valence electrons. The molecule has 0 radical (unpaired) electrons. The average Bonchev–Trinajstić information content (AvgIpc) is 2.61. The number of hydrogen-bond acceptors (Lipinski definition) is 3. The Morgan fingerprint density at radius 3 is 2.00 bits per heavy atom. The molecule has 0 unspecified atom stereocenters. The van der Waals surface area contributed by atoms with E-state index in [0.29, 0.717) is 31.7 Å². The second-order valence-electron chi connectivity index (χ2n) is 7.63. The zero-order valence-electron chi connectivity index (χ0n) is 16.2. The van der Waals surface area contributed by atoms with Crippen molar-refractivity contribution in [2.45, 2.75) is 27.7 Å². The quantitative estimate of drug-likeness (QED) is 0.822. The van der Waals surface area contributed by atoms with Crippen LogP contribution in [0.2, 0.25) is 0 Å². The van der Waals surface area contributed by atoms with Crippen molar-refractivity contribution in [1.82, 2.24) is 15.1 Å². The maximum absolute atomic E-state index is 13.1. The molecular formula is C20H26FN3O3. The lowest BCUT2D eigenvalue weighted by molar-refractivity contribution is -0.144. The molecule has 27 heavy (non-hydrogen) atoms. The zero-order valence-corrected chi connectivity index (χ0v) is 16.2. The van der Waals surface area contributed by atoms with Crippen LogP contribution in [0.5, 0.6) is 0 Å². The second-order valence-corrected chi connectivity index (χ2v) is 7.63. The summed E-state index contributed by atoms with van der Waals surface area (Å²) < 4.78 is 13.1. The molecule has 1 aromatic rings. The number of rotatable bonds is 3. The summed E-state index contributed by atoms with van der Waals surface area (Å²) in [5, 5.41) is 2.55. The van der Waals surface area contributed by atoms with Crippen molar-refractivity contribution in [3.8, 4) is 0 Å². The number of nitrogens with zero attached hydrogens (tertiary/aromatic N) is 2. The third kappa shape index (κ3) is 5.64. The van der Waals surface area contributed by atoms with E-state index in [9.17, 15) is 18.8 Å². The van der Waals surface area contributed by atoms with Crippen molar-refractivity contribution in [2.24, 2.45) is 5.41 Å². The van der Waals surface area contributed by atoms with Crippen molar-refractivity contribution >= 4 is 23.8 Å². The van der Waals surface area contributed by atoms with E-state index in [1.165, 1.54) is 37.3 Å². The molecule has 2 rings (SSSR count). The van der Waals surface area contributed by atoms with Gasteiger partial charge >= 0.3 is 0 Å². The van der Waals surface area contributed by atoms with E-state index in [1.807, 2.05) is 20.8 Å². The largest absolute Gasteiger partial charge is 0.339 e. The van der Waals surface area contributed by atoms with Crippen LogP contribution in [0.4, 0.5) is 4.39 Å². The number of piperazine rings is 1. The number of amides is 3. The molecule has 3 amide bonds. The van der Waals surface area contributed by atoms with Gasteiger partial charge in [-0.2, -0.15) is 0 Å². The highest BCUT2D eigenvalue weighted by Crippen LogP contribution is 2.19. The van der Waals surface area contributed by atoms with E-state index < -0.39 is 5.41 Å². The third-order valence-electron chi connectivity index (χ3n) is 4.22. The summed E-state index contributed by atoms with van der Waals surface area (Å²) in [5.74, 6) is -1.01. The van der Waals surface area contributed by atoms with Gasteiger partial charge in [0.1, 0.15) is 11.5 Å². The first-order chi connectivity index (χ1) is 12.6. The number of carbonyl (C=O) groups is 3. The molecule has 0 spiro atoms. The molecule has 0 aromatic heterocycles. The standard InChI is InChI=1S/C20H26FN3O3/c1-14(25)22-17(13-15-5-7-16(21)8-6-15)18(26)23-9-11-24(12-10-23)19(27)20(2,3)4/h5-8,13H,9-12H2,1-4H3,(H,22,25)/b17-13-. The van der Waals surface area contributed by atoms with Crippen LogP contribution in [-0.4, -0.2) is 53.7 Å². The van der Waals surface area contributed by atoms with Gasteiger partial charge in [0.05, 0.1) is 0 Å². The van der Waals surface area contributed by atoms with Gasteiger partial charge in [0, 0.05) is 38.5 Å². The van der Waals surface area contributed by atoms with Crippen molar-refractivity contribution in [3.05, 3.63) is 41.3 Å². The van der Waals surface area contributed by atoms with E-state index in [4.69, 9.17) is 0 Å². The monoisotopic (exact) mass is 375 g/mol. The van der Waals surface area contributed by atoms with Gasteiger partial charge in [-0.1, -0.05) is 32.9 Å². The molecule has 1 N–H and O–H groups in total. The molecule has 0 atom stereocenters. The van der Waals surface area contributed by atoms with Gasteiger partial charge < -0.3 is 15.1 Å². The van der Waals surface area contributed by atoms with Gasteiger partial charge in [0.25, 0.3) is 5.91 Å². The molecule has 1 heterocycles. The smallest absolute Gasteiger partial charge is 0.270 e. The van der Waals surface area contributed by atoms with Crippen LogP contribution in [0, 0.1) is 11.2 Å². The summed E-state index contributed by atoms with van der Waals surface area (Å²) in [6, 6.07) is 5.64. The molecule has 1 saturated heterocycles. The van der Waals surface area contributed by atoms with Gasteiger partial charge in [0.15, 0.2) is 0 Å². The highest BCUT2D eigenvalue weighted by molar-refractivity contribution is 6.01. The minimum absolute atomic E-state index is 0.0542. The fourth-order valence-electron chi connectivity index (χ4n) is 2.82. The highest BCUT2D eigenvalue weighted by Gasteiger charge is 2.31. The maximum atomic E-state index is 13.1. The minimum Gasteiger partial charge on any atom is -0.339 e. The van der Waals surface area contributed by atoms with Crippen LogP contribution in [0.15, 0.2) is 30.0 Å². The minimum atomic E-state index is -0.462. The fraction of sp³-hybridized carbons (Fsp3) is 0.450. The molecule has 1 aliphatic heterocycles. The topological polar surface area (TPSA) is 69.7 Å². The van der Waals surface area contributed by atoms with Gasteiger partial charge in [-0.05, 0) is 23.8 Å². The van der Waals surface area contributed by atoms with E-state index in [-0.39, 0.29) is 29.2 Å². The van der Waals surface area contributed by atoms with E-state index in [2.05, 4.69) is 5.32 Å². The van der Waals surface area contributed by atoms with Crippen molar-refractivity contribution in [2.75, 3.05) is 26.2 Å². The molecule has 1 fully saturated rings. The summed E-state index contributed by atoms with van der Waals surface area (Å²) in [4.78, 5) is 40.1. The van der Waals surface area contributed by atoms with Crippen molar-refractivity contribution in [1.29, 1.82) is 0 Å². The normalized spacial score (nSPS) is 15.5.